The number of ether oxygens (including phenoxy) is 1. The van der Waals surface area contributed by atoms with E-state index in [-0.39, 0.29) is 18.2 Å². The Hall–Kier alpha value is -3.02. The normalized spacial score (nSPS) is 11.4. The van der Waals surface area contributed by atoms with Crippen LogP contribution in [0, 0.1) is 5.92 Å². The van der Waals surface area contributed by atoms with Gasteiger partial charge < -0.3 is 20.5 Å². The van der Waals surface area contributed by atoms with Gasteiger partial charge >= 0.3 is 5.97 Å². The lowest BCUT2D eigenvalue weighted by atomic mass is 10.1. The number of aliphatic carboxylic acids is 1. The first-order valence-corrected chi connectivity index (χ1v) is 7.99. The number of carbonyl (C=O) groups is 2. The number of methoxy groups -OCH3 is 1. The summed E-state index contributed by atoms with van der Waals surface area (Å²) in [4.78, 5) is 23.1. The van der Waals surface area contributed by atoms with E-state index in [9.17, 15) is 9.59 Å². The van der Waals surface area contributed by atoms with Gasteiger partial charge in [0.1, 0.15) is 5.75 Å². The lowest BCUT2D eigenvalue weighted by molar-refractivity contribution is -0.137. The predicted molar refractivity (Wildman–Crippen MR) is 96.5 cm³/mol. The van der Waals surface area contributed by atoms with Crippen LogP contribution >= 0.6 is 0 Å². The number of para-hydroxylation sites is 1. The van der Waals surface area contributed by atoms with Crippen LogP contribution in [0.15, 0.2) is 48.5 Å². The van der Waals surface area contributed by atoms with Gasteiger partial charge in [-0.2, -0.15) is 0 Å². The van der Waals surface area contributed by atoms with Crippen molar-refractivity contribution >= 4 is 23.3 Å². The maximum Gasteiger partial charge on any atom is 0.303 e. The van der Waals surface area contributed by atoms with Crippen LogP contribution in [-0.2, 0) is 4.79 Å². The first kappa shape index (κ1) is 18.3. The summed E-state index contributed by atoms with van der Waals surface area (Å²) in [5, 5.41) is 14.8. The Balaban J connectivity index is 2.08. The number of carboxylic acid groups (broad SMARTS) is 1. The van der Waals surface area contributed by atoms with Gasteiger partial charge in [-0.3, -0.25) is 9.59 Å². The molecule has 1 unspecified atom stereocenters. The van der Waals surface area contributed by atoms with E-state index in [4.69, 9.17) is 9.84 Å². The molecule has 1 amide bonds. The summed E-state index contributed by atoms with van der Waals surface area (Å²) >= 11 is 0. The summed E-state index contributed by atoms with van der Waals surface area (Å²) in [5.74, 6) is -0.542. The number of hydrogen-bond donors (Lipinski definition) is 3. The van der Waals surface area contributed by atoms with E-state index in [1.54, 1.807) is 26.2 Å². The molecule has 0 aliphatic carbocycles. The molecule has 0 bridgehead atoms. The van der Waals surface area contributed by atoms with Gasteiger partial charge in [-0.05, 0) is 30.2 Å². The highest BCUT2D eigenvalue weighted by Crippen LogP contribution is 2.24. The van der Waals surface area contributed by atoms with E-state index in [1.165, 1.54) is 0 Å². The molecule has 6 heteroatoms. The van der Waals surface area contributed by atoms with E-state index in [2.05, 4.69) is 10.6 Å². The van der Waals surface area contributed by atoms with E-state index >= 15 is 0 Å². The third kappa shape index (κ3) is 5.53. The van der Waals surface area contributed by atoms with Crippen LogP contribution < -0.4 is 15.4 Å². The Morgan fingerprint density at radius 3 is 2.64 bits per heavy atom. The standard InChI is InChI=1S/C19H22N2O4/c1-13(10-18(22)23)12-20-19(24)16-8-3-4-9-17(16)21-14-6-5-7-15(11-14)25-2/h3-9,11,13,21H,10,12H2,1-2H3,(H,20,24)(H,22,23). The summed E-state index contributed by atoms with van der Waals surface area (Å²) in [5.41, 5.74) is 1.96. The first-order chi connectivity index (χ1) is 12.0. The van der Waals surface area contributed by atoms with Gasteiger partial charge in [-0.25, -0.2) is 0 Å². The van der Waals surface area contributed by atoms with Crippen LogP contribution in [-0.4, -0.2) is 30.6 Å². The number of amides is 1. The van der Waals surface area contributed by atoms with Crippen molar-refractivity contribution in [2.24, 2.45) is 5.92 Å². The molecule has 132 valence electrons. The predicted octanol–water partition coefficient (Wildman–Crippen LogP) is 3.28. The molecule has 0 spiro atoms. The molecule has 3 N–H and O–H groups in total. The average molecular weight is 342 g/mol. The molecule has 0 radical (unpaired) electrons. The smallest absolute Gasteiger partial charge is 0.303 e. The number of hydrogen-bond acceptors (Lipinski definition) is 4. The van der Waals surface area contributed by atoms with Crippen molar-refractivity contribution in [3.8, 4) is 5.75 Å². The Morgan fingerprint density at radius 2 is 1.92 bits per heavy atom. The van der Waals surface area contributed by atoms with Crippen LogP contribution in [0.1, 0.15) is 23.7 Å². The van der Waals surface area contributed by atoms with E-state index in [0.29, 0.717) is 17.8 Å². The lowest BCUT2D eigenvalue weighted by Crippen LogP contribution is -2.29. The van der Waals surface area contributed by atoms with Gasteiger partial charge in [0.25, 0.3) is 5.91 Å². The highest BCUT2D eigenvalue weighted by atomic mass is 16.5. The molecule has 0 heterocycles. The van der Waals surface area contributed by atoms with Crippen molar-refractivity contribution < 1.29 is 19.4 Å². The SMILES string of the molecule is COc1cccc(Nc2ccccc2C(=O)NCC(C)CC(=O)O)c1. The highest BCUT2D eigenvalue weighted by molar-refractivity contribution is 6.00. The molecule has 2 aromatic rings. The Bertz CT molecular complexity index is 746. The molecule has 25 heavy (non-hydrogen) atoms. The Morgan fingerprint density at radius 1 is 1.16 bits per heavy atom. The van der Waals surface area contributed by atoms with Gasteiger partial charge in [0, 0.05) is 24.7 Å². The molecule has 2 rings (SSSR count). The van der Waals surface area contributed by atoms with Crippen LogP contribution in [0.4, 0.5) is 11.4 Å². The molecule has 0 aliphatic rings. The van der Waals surface area contributed by atoms with Crippen molar-refractivity contribution in [3.63, 3.8) is 0 Å². The van der Waals surface area contributed by atoms with Crippen LogP contribution in [0.3, 0.4) is 0 Å². The Labute approximate surface area is 146 Å². The number of nitrogens with one attached hydrogen (secondary N) is 2. The van der Waals surface area contributed by atoms with Gasteiger partial charge in [-0.1, -0.05) is 25.1 Å². The summed E-state index contributed by atoms with van der Waals surface area (Å²) in [6.45, 7) is 2.09. The maximum atomic E-state index is 12.4. The second-order valence-corrected chi connectivity index (χ2v) is 5.82. The van der Waals surface area contributed by atoms with Crippen LogP contribution in [0.2, 0.25) is 0 Å². The molecular formula is C19H22N2O4. The number of rotatable bonds is 8. The highest BCUT2D eigenvalue weighted by Gasteiger charge is 2.13. The second kappa shape index (κ2) is 8.73. The fourth-order valence-corrected chi connectivity index (χ4v) is 2.38. The summed E-state index contributed by atoms with van der Waals surface area (Å²) in [6.07, 6.45) is 0.0178. The fourth-order valence-electron chi connectivity index (χ4n) is 2.38. The van der Waals surface area contributed by atoms with Crippen LogP contribution in [0.5, 0.6) is 5.75 Å². The largest absolute Gasteiger partial charge is 0.497 e. The average Bonchev–Trinajstić information content (AvgIpc) is 2.60. The van der Waals surface area contributed by atoms with Crippen molar-refractivity contribution in [1.29, 1.82) is 0 Å². The minimum Gasteiger partial charge on any atom is -0.497 e. The van der Waals surface area contributed by atoms with Crippen molar-refractivity contribution in [2.45, 2.75) is 13.3 Å². The van der Waals surface area contributed by atoms with Crippen LogP contribution in [0.25, 0.3) is 0 Å². The molecule has 0 saturated carbocycles. The minimum atomic E-state index is -0.873. The summed E-state index contributed by atoms with van der Waals surface area (Å²) < 4.78 is 5.20. The molecule has 0 aliphatic heterocycles. The quantitative estimate of drug-likeness (QED) is 0.685. The van der Waals surface area contributed by atoms with E-state index in [0.717, 1.165) is 11.4 Å². The molecule has 0 saturated heterocycles. The zero-order chi connectivity index (χ0) is 18.2. The fraction of sp³-hybridized carbons (Fsp3) is 0.263. The second-order valence-electron chi connectivity index (χ2n) is 5.82. The number of anilines is 2. The third-order valence-corrected chi connectivity index (χ3v) is 3.65. The number of carbonyl (C=O) groups excluding carboxylic acids is 1. The number of benzene rings is 2. The molecule has 6 nitrogen and oxygen atoms in total. The van der Waals surface area contributed by atoms with Gasteiger partial charge in [0.05, 0.1) is 18.4 Å². The topological polar surface area (TPSA) is 87.7 Å². The van der Waals surface area contributed by atoms with E-state index < -0.39 is 5.97 Å². The zero-order valence-corrected chi connectivity index (χ0v) is 14.3. The minimum absolute atomic E-state index is 0.0178. The number of carboxylic acids is 1. The van der Waals surface area contributed by atoms with Gasteiger partial charge in [-0.15, -0.1) is 0 Å². The first-order valence-electron chi connectivity index (χ1n) is 7.99. The summed E-state index contributed by atoms with van der Waals surface area (Å²) in [7, 11) is 1.60. The summed E-state index contributed by atoms with van der Waals surface area (Å²) in [6, 6.07) is 14.6. The van der Waals surface area contributed by atoms with Gasteiger partial charge in [0.2, 0.25) is 0 Å². The van der Waals surface area contributed by atoms with E-state index in [1.807, 2.05) is 36.4 Å². The van der Waals surface area contributed by atoms with Crippen molar-refractivity contribution in [2.75, 3.05) is 19.0 Å². The molecule has 2 aromatic carbocycles. The lowest BCUT2D eigenvalue weighted by Gasteiger charge is -2.14. The monoisotopic (exact) mass is 342 g/mol. The molecular weight excluding hydrogens is 320 g/mol. The third-order valence-electron chi connectivity index (χ3n) is 3.65. The Kier molecular flexibility index (Phi) is 6.39. The zero-order valence-electron chi connectivity index (χ0n) is 14.3. The van der Waals surface area contributed by atoms with Crippen molar-refractivity contribution in [1.82, 2.24) is 5.32 Å². The molecule has 0 fully saturated rings. The maximum absolute atomic E-state index is 12.4. The van der Waals surface area contributed by atoms with Gasteiger partial charge in [0.15, 0.2) is 0 Å². The van der Waals surface area contributed by atoms with Crippen molar-refractivity contribution in [3.05, 3.63) is 54.1 Å². The molecule has 1 atom stereocenters. The molecule has 0 aromatic heterocycles.